The molecule has 0 saturated carbocycles. The summed E-state index contributed by atoms with van der Waals surface area (Å²) in [5, 5.41) is 12.2. The highest BCUT2D eigenvalue weighted by Crippen LogP contribution is 2.13. The molecule has 0 aliphatic carbocycles. The van der Waals surface area contributed by atoms with Gasteiger partial charge in [0.05, 0.1) is 21.5 Å². The number of aryl methyl sites for hydroxylation is 1. The second-order valence-corrected chi connectivity index (χ2v) is 5.98. The van der Waals surface area contributed by atoms with Crippen LogP contribution in [0.3, 0.4) is 0 Å². The van der Waals surface area contributed by atoms with Crippen molar-refractivity contribution in [2.75, 3.05) is 0 Å². The Balaban J connectivity index is 1.98. The molecule has 0 amide bonds. The number of hydrogen-bond donors (Lipinski definition) is 0. The van der Waals surface area contributed by atoms with Gasteiger partial charge in [0.2, 0.25) is 0 Å². The second kappa shape index (κ2) is 6.95. The smallest absolute Gasteiger partial charge is 0.258 e. The first-order valence-electron chi connectivity index (χ1n) is 6.40. The number of non-ortho nitro benzene ring substituents is 1. The minimum absolute atomic E-state index is 0.0490. The van der Waals surface area contributed by atoms with Crippen LogP contribution in [0.5, 0.6) is 0 Å². The number of rotatable bonds is 5. The molecular weight excluding hydrogens is 286 g/mol. The molecule has 4 nitrogen and oxygen atoms in total. The van der Waals surface area contributed by atoms with E-state index in [1.54, 1.807) is 23.6 Å². The van der Waals surface area contributed by atoms with Gasteiger partial charge in [-0.05, 0) is 36.3 Å². The highest BCUT2D eigenvalue weighted by atomic mass is 32.2. The molecule has 0 radical (unpaired) electrons. The van der Waals surface area contributed by atoms with Gasteiger partial charge < -0.3 is 0 Å². The van der Waals surface area contributed by atoms with Crippen LogP contribution in [0.4, 0.5) is 5.69 Å². The van der Waals surface area contributed by atoms with E-state index in [0.29, 0.717) is 5.75 Å². The zero-order valence-corrected chi connectivity index (χ0v) is 12.4. The molecule has 0 heterocycles. The maximum Gasteiger partial charge on any atom is 0.269 e. The number of benzene rings is 2. The van der Waals surface area contributed by atoms with Crippen LogP contribution in [0.15, 0.2) is 53.9 Å². The number of nitro benzene ring substituents is 1. The molecule has 0 aliphatic heterocycles. The summed E-state index contributed by atoms with van der Waals surface area (Å²) >= 11 is 0. The number of hydrogen-bond acceptors (Lipinski definition) is 3. The second-order valence-electron chi connectivity index (χ2n) is 4.66. The van der Waals surface area contributed by atoms with Gasteiger partial charge in [0.25, 0.3) is 5.69 Å². The number of nitrogens with zero attached hydrogens (tertiary/aromatic N) is 1. The summed E-state index contributed by atoms with van der Waals surface area (Å²) in [5.41, 5.74) is 3.03. The molecule has 5 heteroatoms. The van der Waals surface area contributed by atoms with E-state index in [-0.39, 0.29) is 5.69 Å². The summed E-state index contributed by atoms with van der Waals surface area (Å²) < 4.78 is 12.0. The van der Waals surface area contributed by atoms with E-state index in [0.717, 1.165) is 11.1 Å². The van der Waals surface area contributed by atoms with Crippen molar-refractivity contribution in [3.8, 4) is 0 Å². The van der Waals surface area contributed by atoms with Crippen molar-refractivity contribution >= 4 is 22.6 Å². The van der Waals surface area contributed by atoms with Crippen molar-refractivity contribution in [1.29, 1.82) is 0 Å². The van der Waals surface area contributed by atoms with Gasteiger partial charge in [-0.1, -0.05) is 29.8 Å². The first-order valence-corrected chi connectivity index (χ1v) is 7.78. The normalized spacial score (nSPS) is 12.4. The monoisotopic (exact) mass is 301 g/mol. The molecule has 2 rings (SSSR count). The fourth-order valence-corrected chi connectivity index (χ4v) is 2.68. The van der Waals surface area contributed by atoms with Crippen LogP contribution in [0, 0.1) is 17.0 Å². The van der Waals surface area contributed by atoms with Crippen LogP contribution in [0.1, 0.15) is 16.7 Å². The Labute approximate surface area is 125 Å². The molecular formula is C16H15NO3S. The molecule has 0 spiro atoms. The van der Waals surface area contributed by atoms with Crippen molar-refractivity contribution in [3.63, 3.8) is 0 Å². The average Bonchev–Trinajstić information content (AvgIpc) is 2.48. The quantitative estimate of drug-likeness (QED) is 0.623. The molecule has 108 valence electrons. The maximum absolute atomic E-state index is 12.0. The summed E-state index contributed by atoms with van der Waals surface area (Å²) in [6, 6.07) is 14.1. The maximum atomic E-state index is 12.0. The van der Waals surface area contributed by atoms with Gasteiger partial charge in [-0.15, -0.1) is 0 Å². The molecule has 1 atom stereocenters. The molecule has 0 fully saturated rings. The molecule has 0 bridgehead atoms. The molecule has 21 heavy (non-hydrogen) atoms. The fourth-order valence-electron chi connectivity index (χ4n) is 1.76. The standard InChI is InChI=1S/C16H15NO3S/c1-13-2-4-15(5-3-13)12-21(20)11-10-14-6-8-16(9-7-14)17(18)19/h2-11H,12H2,1H3/b11-10+. The summed E-state index contributed by atoms with van der Waals surface area (Å²) in [6.07, 6.45) is 1.72. The average molecular weight is 301 g/mol. The molecule has 0 saturated heterocycles. The van der Waals surface area contributed by atoms with E-state index in [4.69, 9.17) is 0 Å². The molecule has 0 N–H and O–H groups in total. The first kappa shape index (κ1) is 15.1. The van der Waals surface area contributed by atoms with Gasteiger partial charge >= 0.3 is 0 Å². The minimum Gasteiger partial charge on any atom is -0.258 e. The molecule has 2 aromatic rings. The van der Waals surface area contributed by atoms with Gasteiger partial charge in [-0.25, -0.2) is 0 Å². The lowest BCUT2D eigenvalue weighted by atomic mass is 10.2. The van der Waals surface area contributed by atoms with Gasteiger partial charge in [0, 0.05) is 17.5 Å². The van der Waals surface area contributed by atoms with Crippen molar-refractivity contribution in [3.05, 3.63) is 80.7 Å². The summed E-state index contributed by atoms with van der Waals surface area (Å²) in [4.78, 5) is 10.1. The summed E-state index contributed by atoms with van der Waals surface area (Å²) in [7, 11) is -1.11. The third-order valence-electron chi connectivity index (χ3n) is 2.95. The Morgan fingerprint density at radius 1 is 1.10 bits per heavy atom. The highest BCUT2D eigenvalue weighted by Gasteiger charge is 2.03. The van der Waals surface area contributed by atoms with Crippen LogP contribution in [-0.4, -0.2) is 9.13 Å². The lowest BCUT2D eigenvalue weighted by Gasteiger charge is -1.99. The Morgan fingerprint density at radius 2 is 1.71 bits per heavy atom. The van der Waals surface area contributed by atoms with E-state index in [9.17, 15) is 14.3 Å². The summed E-state index contributed by atoms with van der Waals surface area (Å²) in [5.74, 6) is 0.462. The van der Waals surface area contributed by atoms with Gasteiger partial charge in [-0.3, -0.25) is 14.3 Å². The zero-order chi connectivity index (χ0) is 15.2. The van der Waals surface area contributed by atoms with E-state index in [2.05, 4.69) is 0 Å². The highest BCUT2D eigenvalue weighted by molar-refractivity contribution is 7.87. The largest absolute Gasteiger partial charge is 0.269 e. The van der Waals surface area contributed by atoms with Gasteiger partial charge in [0.1, 0.15) is 0 Å². The third-order valence-corrected chi connectivity index (χ3v) is 4.00. The minimum atomic E-state index is -1.11. The molecule has 2 aromatic carbocycles. The van der Waals surface area contributed by atoms with Gasteiger partial charge in [0.15, 0.2) is 0 Å². The summed E-state index contributed by atoms with van der Waals surface area (Å²) in [6.45, 7) is 2.01. The predicted molar refractivity (Wildman–Crippen MR) is 85.2 cm³/mol. The van der Waals surface area contributed by atoms with Gasteiger partial charge in [-0.2, -0.15) is 0 Å². The van der Waals surface area contributed by atoms with Crippen molar-refractivity contribution in [2.45, 2.75) is 12.7 Å². The fraction of sp³-hybridized carbons (Fsp3) is 0.125. The van der Waals surface area contributed by atoms with E-state index in [1.807, 2.05) is 31.2 Å². The predicted octanol–water partition coefficient (Wildman–Crippen LogP) is 3.82. The SMILES string of the molecule is Cc1ccc(CS(=O)/C=C/c2ccc([N+](=O)[O-])cc2)cc1. The van der Waals surface area contributed by atoms with Crippen LogP contribution >= 0.6 is 0 Å². The first-order chi connectivity index (χ1) is 10.0. The lowest BCUT2D eigenvalue weighted by Crippen LogP contribution is -1.91. The van der Waals surface area contributed by atoms with Crippen LogP contribution in [0.2, 0.25) is 0 Å². The Kier molecular flexibility index (Phi) is 5.00. The lowest BCUT2D eigenvalue weighted by molar-refractivity contribution is -0.384. The third kappa shape index (κ3) is 4.65. The van der Waals surface area contributed by atoms with Crippen molar-refractivity contribution in [2.24, 2.45) is 0 Å². The van der Waals surface area contributed by atoms with Crippen LogP contribution in [-0.2, 0) is 16.6 Å². The Morgan fingerprint density at radius 3 is 2.29 bits per heavy atom. The zero-order valence-electron chi connectivity index (χ0n) is 11.6. The van der Waals surface area contributed by atoms with Crippen LogP contribution in [0.25, 0.3) is 6.08 Å². The van der Waals surface area contributed by atoms with E-state index < -0.39 is 15.7 Å². The number of nitro groups is 1. The van der Waals surface area contributed by atoms with E-state index in [1.165, 1.54) is 17.7 Å². The molecule has 1 unspecified atom stereocenters. The molecule has 0 aromatic heterocycles. The Bertz CT molecular complexity index is 676. The van der Waals surface area contributed by atoms with Crippen LogP contribution < -0.4 is 0 Å². The van der Waals surface area contributed by atoms with Crippen molar-refractivity contribution in [1.82, 2.24) is 0 Å². The molecule has 0 aliphatic rings. The van der Waals surface area contributed by atoms with Crippen molar-refractivity contribution < 1.29 is 9.13 Å². The Hall–Kier alpha value is -2.27. The van der Waals surface area contributed by atoms with E-state index >= 15 is 0 Å². The topological polar surface area (TPSA) is 60.2 Å².